The second kappa shape index (κ2) is 4.56. The molecule has 4 rings (SSSR count). The summed E-state index contributed by atoms with van der Waals surface area (Å²) in [6.07, 6.45) is 5.14. The van der Waals surface area contributed by atoms with Gasteiger partial charge in [-0.2, -0.15) is 0 Å². The number of hydrogen-bond donors (Lipinski definition) is 3. The fraction of sp³-hybridized carbons (Fsp3) is 0.250. The summed E-state index contributed by atoms with van der Waals surface area (Å²) >= 11 is 0. The molecule has 21 heavy (non-hydrogen) atoms. The molecule has 2 aromatic rings. The zero-order valence-corrected chi connectivity index (χ0v) is 11.5. The van der Waals surface area contributed by atoms with Crippen molar-refractivity contribution in [1.82, 2.24) is 9.97 Å². The van der Waals surface area contributed by atoms with E-state index in [1.165, 1.54) is 5.57 Å². The Hall–Kier alpha value is -2.40. The first-order chi connectivity index (χ1) is 10.2. The van der Waals surface area contributed by atoms with Gasteiger partial charge in [0.1, 0.15) is 5.82 Å². The van der Waals surface area contributed by atoms with Crippen LogP contribution in [-0.4, -0.2) is 15.9 Å². The van der Waals surface area contributed by atoms with Crippen molar-refractivity contribution in [3.8, 4) is 11.3 Å². The van der Waals surface area contributed by atoms with E-state index in [4.69, 9.17) is 5.73 Å². The fourth-order valence-electron chi connectivity index (χ4n) is 2.86. The topological polar surface area (TPSA) is 83.8 Å². The van der Waals surface area contributed by atoms with Crippen LogP contribution < -0.4 is 11.1 Å². The van der Waals surface area contributed by atoms with Crippen molar-refractivity contribution < 1.29 is 4.79 Å². The third kappa shape index (κ3) is 2.25. The minimum Gasteiger partial charge on any atom is -0.341 e. The van der Waals surface area contributed by atoms with Gasteiger partial charge in [0.25, 0.3) is 0 Å². The number of carbonyl (C=O) groups is 1. The van der Waals surface area contributed by atoms with Crippen molar-refractivity contribution in [2.75, 3.05) is 5.32 Å². The summed E-state index contributed by atoms with van der Waals surface area (Å²) in [5.74, 6) is 1.09. The van der Waals surface area contributed by atoms with Gasteiger partial charge in [-0.3, -0.25) is 4.79 Å². The summed E-state index contributed by atoms with van der Waals surface area (Å²) in [6.45, 7) is 0. The van der Waals surface area contributed by atoms with Crippen LogP contribution in [0.1, 0.15) is 24.7 Å². The Morgan fingerprint density at radius 1 is 1.24 bits per heavy atom. The van der Waals surface area contributed by atoms with Gasteiger partial charge in [-0.15, -0.1) is 0 Å². The van der Waals surface area contributed by atoms with E-state index in [-0.39, 0.29) is 17.9 Å². The number of anilines is 1. The van der Waals surface area contributed by atoms with Crippen LogP contribution in [0.25, 0.3) is 11.3 Å². The number of rotatable bonds is 0. The molecule has 1 aromatic carbocycles. The lowest BCUT2D eigenvalue weighted by Gasteiger charge is -2.12. The van der Waals surface area contributed by atoms with Gasteiger partial charge in [0.15, 0.2) is 0 Å². The molecule has 0 fully saturated rings. The van der Waals surface area contributed by atoms with E-state index < -0.39 is 0 Å². The lowest BCUT2D eigenvalue weighted by Crippen LogP contribution is -2.15. The van der Waals surface area contributed by atoms with Gasteiger partial charge in [0, 0.05) is 17.9 Å². The maximum atomic E-state index is 12.1. The SMILES string of the molecule is N[C@H]1CC2=CC2CC(=O)Nc2ccccc2-c2cnc1[nH]2. The zero-order chi connectivity index (χ0) is 14.4. The Kier molecular flexibility index (Phi) is 2.68. The maximum absolute atomic E-state index is 12.1. The average molecular weight is 280 g/mol. The van der Waals surface area contributed by atoms with Gasteiger partial charge in [-0.25, -0.2) is 4.98 Å². The first-order valence-electron chi connectivity index (χ1n) is 7.11. The second-order valence-electron chi connectivity index (χ2n) is 5.64. The van der Waals surface area contributed by atoms with Gasteiger partial charge >= 0.3 is 0 Å². The highest BCUT2D eigenvalue weighted by molar-refractivity contribution is 5.95. The van der Waals surface area contributed by atoms with Gasteiger partial charge in [-0.1, -0.05) is 29.8 Å². The number of amides is 1. The van der Waals surface area contributed by atoms with Gasteiger partial charge in [-0.05, 0) is 12.5 Å². The number of aromatic amines is 1. The predicted octanol–water partition coefficient (Wildman–Crippen LogP) is 2.37. The fourth-order valence-corrected chi connectivity index (χ4v) is 2.86. The van der Waals surface area contributed by atoms with Gasteiger partial charge < -0.3 is 16.0 Å². The van der Waals surface area contributed by atoms with E-state index in [9.17, 15) is 4.79 Å². The molecule has 1 aliphatic heterocycles. The molecular weight excluding hydrogens is 264 g/mol. The summed E-state index contributed by atoms with van der Waals surface area (Å²) in [7, 11) is 0. The van der Waals surface area contributed by atoms with Crippen LogP contribution in [0.3, 0.4) is 0 Å². The summed E-state index contributed by atoms with van der Waals surface area (Å²) < 4.78 is 0. The van der Waals surface area contributed by atoms with Gasteiger partial charge in [0.2, 0.25) is 5.91 Å². The highest BCUT2D eigenvalue weighted by Crippen LogP contribution is 2.39. The molecule has 0 saturated carbocycles. The third-order valence-electron chi connectivity index (χ3n) is 4.08. The van der Waals surface area contributed by atoms with Crippen molar-refractivity contribution >= 4 is 11.6 Å². The minimum atomic E-state index is -0.148. The van der Waals surface area contributed by atoms with Crippen LogP contribution in [0.2, 0.25) is 0 Å². The zero-order valence-electron chi connectivity index (χ0n) is 11.5. The number of benzene rings is 1. The van der Waals surface area contributed by atoms with Crippen LogP contribution in [0.5, 0.6) is 0 Å². The Bertz CT molecular complexity index is 746. The number of aromatic nitrogens is 2. The molecule has 2 atom stereocenters. The normalized spacial score (nSPS) is 23.9. The van der Waals surface area contributed by atoms with E-state index in [1.807, 2.05) is 24.3 Å². The number of allylic oxidation sites excluding steroid dienone is 1. The molecular formula is C16H16N4O. The van der Waals surface area contributed by atoms with Crippen molar-refractivity contribution in [3.63, 3.8) is 0 Å². The van der Waals surface area contributed by atoms with Crippen molar-refractivity contribution in [2.45, 2.75) is 18.9 Å². The summed E-state index contributed by atoms with van der Waals surface area (Å²) in [4.78, 5) is 19.8. The summed E-state index contributed by atoms with van der Waals surface area (Å²) in [5, 5.41) is 2.99. The summed E-state index contributed by atoms with van der Waals surface area (Å²) in [5.41, 5.74) is 10.1. The van der Waals surface area contributed by atoms with Crippen LogP contribution >= 0.6 is 0 Å². The molecule has 0 spiro atoms. The molecule has 0 radical (unpaired) electrons. The number of fused-ring (bicyclic) bond motifs is 5. The molecule has 1 amide bonds. The maximum Gasteiger partial charge on any atom is 0.225 e. The molecule has 2 bridgehead atoms. The van der Waals surface area contributed by atoms with Crippen LogP contribution in [0, 0.1) is 5.92 Å². The second-order valence-corrected chi connectivity index (χ2v) is 5.64. The first kappa shape index (κ1) is 12.3. The van der Waals surface area contributed by atoms with Crippen molar-refractivity contribution in [1.29, 1.82) is 0 Å². The van der Waals surface area contributed by atoms with E-state index in [0.29, 0.717) is 6.42 Å². The standard InChI is InChI=1S/C16H16N4O/c17-12-6-9-5-10(9)7-15(21)19-13-4-2-1-3-11(13)14-8-18-16(12)20-14/h1-5,8,10,12H,6-7,17H2,(H,18,20)(H,19,21)/t10?,12-/m0/s1. The molecule has 106 valence electrons. The highest BCUT2D eigenvalue weighted by Gasteiger charge is 2.30. The number of nitrogens with one attached hydrogen (secondary N) is 2. The Labute approximate surface area is 122 Å². The monoisotopic (exact) mass is 280 g/mol. The molecule has 0 saturated heterocycles. The quantitative estimate of drug-likeness (QED) is 0.648. The molecule has 5 heteroatoms. The molecule has 1 aromatic heterocycles. The van der Waals surface area contributed by atoms with Crippen LogP contribution in [0.4, 0.5) is 5.69 Å². The number of H-pyrrole nitrogens is 1. The molecule has 1 unspecified atom stereocenters. The first-order valence-corrected chi connectivity index (χ1v) is 7.11. The van der Waals surface area contributed by atoms with E-state index >= 15 is 0 Å². The number of nitrogens with zero attached hydrogens (tertiary/aromatic N) is 1. The van der Waals surface area contributed by atoms with E-state index in [2.05, 4.69) is 21.4 Å². The number of nitrogens with two attached hydrogens (primary N) is 1. The van der Waals surface area contributed by atoms with Crippen LogP contribution in [-0.2, 0) is 4.79 Å². The number of imidazole rings is 1. The number of para-hydroxylation sites is 1. The molecule has 2 heterocycles. The Morgan fingerprint density at radius 2 is 2.10 bits per heavy atom. The largest absolute Gasteiger partial charge is 0.341 e. The minimum absolute atomic E-state index is 0.0348. The Morgan fingerprint density at radius 3 is 3.00 bits per heavy atom. The highest BCUT2D eigenvalue weighted by atomic mass is 16.1. The molecule has 1 aliphatic carbocycles. The van der Waals surface area contributed by atoms with Gasteiger partial charge in [0.05, 0.1) is 23.6 Å². The Balaban J connectivity index is 1.79. The molecule has 4 N–H and O–H groups in total. The van der Waals surface area contributed by atoms with Crippen molar-refractivity contribution in [2.24, 2.45) is 11.7 Å². The lowest BCUT2D eigenvalue weighted by molar-refractivity contribution is -0.116. The molecule has 2 aliphatic rings. The third-order valence-corrected chi connectivity index (χ3v) is 4.08. The van der Waals surface area contributed by atoms with E-state index in [0.717, 1.165) is 29.2 Å². The average Bonchev–Trinajstić information content (AvgIpc) is 3.01. The van der Waals surface area contributed by atoms with Crippen molar-refractivity contribution in [3.05, 3.63) is 47.9 Å². The summed E-state index contributed by atoms with van der Waals surface area (Å²) in [6, 6.07) is 7.57. The molecule has 5 nitrogen and oxygen atoms in total. The van der Waals surface area contributed by atoms with Crippen LogP contribution in [0.15, 0.2) is 42.1 Å². The number of hydrogen-bond acceptors (Lipinski definition) is 3. The predicted molar refractivity (Wildman–Crippen MR) is 80.4 cm³/mol. The lowest BCUT2D eigenvalue weighted by atomic mass is 10.1. The van der Waals surface area contributed by atoms with E-state index in [1.54, 1.807) is 6.20 Å². The number of carbonyl (C=O) groups excluding carboxylic acids is 1. The smallest absolute Gasteiger partial charge is 0.225 e.